The zero-order valence-electron chi connectivity index (χ0n) is 11.9. The maximum atomic E-state index is 10.4. The molecule has 0 unspecified atom stereocenters. The Morgan fingerprint density at radius 1 is 1.06 bits per heavy atom. The quantitative estimate of drug-likeness (QED) is 0.701. The first-order chi connectivity index (χ1) is 8.20. The highest BCUT2D eigenvalue weighted by Gasteiger charge is 2.12. The minimum atomic E-state index is -0.328. The van der Waals surface area contributed by atoms with Crippen LogP contribution in [0.15, 0.2) is 0 Å². The molecule has 1 fully saturated rings. The molecule has 0 spiro atoms. The fraction of sp³-hybridized carbons (Fsp3) is 0.833. The Morgan fingerprint density at radius 3 is 1.83 bits per heavy atom. The third-order valence-corrected chi connectivity index (χ3v) is 1.78. The monoisotopic (exact) mass is 260 g/mol. The number of carbonyl (C=O) groups is 2. The van der Waals surface area contributed by atoms with Crippen molar-refractivity contribution in [1.82, 2.24) is 10.4 Å². The number of carbonyl (C=O) groups excluding carboxylic acids is 2. The number of hydroxylamine groups is 2. The van der Waals surface area contributed by atoms with Gasteiger partial charge in [0.25, 0.3) is 0 Å². The molecule has 0 aliphatic carbocycles. The Morgan fingerprint density at radius 2 is 1.56 bits per heavy atom. The smallest absolute Gasteiger partial charge is 0.322 e. The highest BCUT2D eigenvalue weighted by molar-refractivity contribution is 5.66. The summed E-state index contributed by atoms with van der Waals surface area (Å²) in [6.45, 7) is 11.7. The van der Waals surface area contributed by atoms with E-state index in [0.717, 1.165) is 26.2 Å². The summed E-state index contributed by atoms with van der Waals surface area (Å²) < 4.78 is 4.80. The number of esters is 1. The third kappa shape index (κ3) is 11.3. The summed E-state index contributed by atoms with van der Waals surface area (Å²) >= 11 is 0. The van der Waals surface area contributed by atoms with Crippen LogP contribution in [-0.4, -0.2) is 48.8 Å². The number of nitrogens with zero attached hydrogens (tertiary/aromatic N) is 1. The lowest BCUT2D eigenvalue weighted by Gasteiger charge is -2.24. The molecule has 6 heteroatoms. The minimum absolute atomic E-state index is 0.225. The van der Waals surface area contributed by atoms with Gasteiger partial charge in [0.05, 0.1) is 0 Å². The maximum absolute atomic E-state index is 10.4. The normalized spacial score (nSPS) is 16.3. The van der Waals surface area contributed by atoms with Crippen molar-refractivity contribution in [3.63, 3.8) is 0 Å². The lowest BCUT2D eigenvalue weighted by molar-refractivity contribution is -0.189. The fourth-order valence-corrected chi connectivity index (χ4v) is 1.35. The molecule has 1 aliphatic rings. The Bertz CT molecular complexity index is 268. The van der Waals surface area contributed by atoms with E-state index < -0.39 is 0 Å². The number of piperazine rings is 1. The van der Waals surface area contributed by atoms with Gasteiger partial charge < -0.3 is 14.9 Å². The van der Waals surface area contributed by atoms with Gasteiger partial charge >= 0.3 is 11.9 Å². The first-order valence-corrected chi connectivity index (χ1v) is 6.04. The second kappa shape index (κ2) is 8.05. The average molecular weight is 260 g/mol. The highest BCUT2D eigenvalue weighted by Crippen LogP contribution is 2.05. The Balaban J connectivity index is 0.000000331. The molecule has 0 saturated carbocycles. The fourth-order valence-electron chi connectivity index (χ4n) is 1.35. The van der Waals surface area contributed by atoms with Crippen molar-refractivity contribution in [1.29, 1.82) is 0 Å². The van der Waals surface area contributed by atoms with Gasteiger partial charge in [-0.05, 0) is 20.8 Å². The number of nitrogens with one attached hydrogen (secondary N) is 1. The summed E-state index contributed by atoms with van der Waals surface area (Å²) in [4.78, 5) is 25.5. The molecule has 1 aliphatic heterocycles. The molecule has 1 saturated heterocycles. The van der Waals surface area contributed by atoms with Gasteiger partial charge in [-0.2, -0.15) is 0 Å². The van der Waals surface area contributed by atoms with E-state index >= 15 is 0 Å². The summed E-state index contributed by atoms with van der Waals surface area (Å²) in [5.41, 5.74) is -0.328. The van der Waals surface area contributed by atoms with Crippen molar-refractivity contribution in [3.8, 4) is 0 Å². The van der Waals surface area contributed by atoms with Crippen LogP contribution in [0.3, 0.4) is 0 Å². The van der Waals surface area contributed by atoms with Crippen LogP contribution < -0.4 is 5.32 Å². The topological polar surface area (TPSA) is 67.9 Å². The predicted molar refractivity (Wildman–Crippen MR) is 67.7 cm³/mol. The van der Waals surface area contributed by atoms with Crippen molar-refractivity contribution in [2.24, 2.45) is 0 Å². The van der Waals surface area contributed by atoms with Gasteiger partial charge in [0, 0.05) is 40.0 Å². The zero-order valence-corrected chi connectivity index (χ0v) is 11.9. The summed E-state index contributed by atoms with van der Waals surface area (Å²) in [6, 6.07) is 0. The molecular weight excluding hydrogens is 236 g/mol. The van der Waals surface area contributed by atoms with E-state index in [-0.39, 0.29) is 17.5 Å². The zero-order chi connectivity index (χ0) is 14.2. The first kappa shape index (κ1) is 16.9. The van der Waals surface area contributed by atoms with E-state index in [2.05, 4.69) is 5.32 Å². The van der Waals surface area contributed by atoms with Crippen LogP contribution in [0.5, 0.6) is 0 Å². The van der Waals surface area contributed by atoms with Crippen LogP contribution in [0.1, 0.15) is 34.6 Å². The van der Waals surface area contributed by atoms with Crippen molar-refractivity contribution in [2.45, 2.75) is 40.2 Å². The van der Waals surface area contributed by atoms with Gasteiger partial charge in [0.2, 0.25) is 0 Å². The van der Waals surface area contributed by atoms with Gasteiger partial charge in [-0.15, -0.1) is 5.06 Å². The van der Waals surface area contributed by atoms with Crippen LogP contribution >= 0.6 is 0 Å². The molecule has 0 aromatic heterocycles. The number of ether oxygens (including phenoxy) is 1. The summed E-state index contributed by atoms with van der Waals surface area (Å²) in [7, 11) is 0. The molecule has 1 N–H and O–H groups in total. The molecule has 6 nitrogen and oxygen atoms in total. The standard InChI is InChI=1S/C6H12N2O2.C6H12O2/c1-6(9)10-8-4-2-7-3-5-8;1-5(7)8-6(2,3)4/h7H,2-5H2,1H3;1-4H3. The Hall–Kier alpha value is -1.14. The number of hydrogen-bond donors (Lipinski definition) is 1. The van der Waals surface area contributed by atoms with E-state index in [1.54, 1.807) is 5.06 Å². The van der Waals surface area contributed by atoms with E-state index in [1.807, 2.05) is 20.8 Å². The second-order valence-corrected chi connectivity index (χ2v) is 4.97. The van der Waals surface area contributed by atoms with Crippen LogP contribution in [0.25, 0.3) is 0 Å². The summed E-state index contributed by atoms with van der Waals surface area (Å²) in [6.07, 6.45) is 0. The SMILES string of the molecule is CC(=O)OC(C)(C)C.CC(=O)ON1CCNCC1. The Labute approximate surface area is 109 Å². The van der Waals surface area contributed by atoms with Gasteiger partial charge in [-0.3, -0.25) is 9.59 Å². The van der Waals surface area contributed by atoms with Crippen LogP contribution in [0.2, 0.25) is 0 Å². The largest absolute Gasteiger partial charge is 0.460 e. The van der Waals surface area contributed by atoms with Crippen molar-refractivity contribution >= 4 is 11.9 Å². The van der Waals surface area contributed by atoms with Crippen molar-refractivity contribution in [2.75, 3.05) is 26.2 Å². The molecule has 0 aromatic carbocycles. The molecule has 0 bridgehead atoms. The van der Waals surface area contributed by atoms with E-state index in [4.69, 9.17) is 9.57 Å². The highest BCUT2D eigenvalue weighted by atomic mass is 16.7. The summed E-state index contributed by atoms with van der Waals surface area (Å²) in [5.74, 6) is -0.459. The van der Waals surface area contributed by atoms with E-state index in [0.29, 0.717) is 0 Å². The van der Waals surface area contributed by atoms with Crippen molar-refractivity contribution in [3.05, 3.63) is 0 Å². The van der Waals surface area contributed by atoms with Crippen LogP contribution in [0.4, 0.5) is 0 Å². The first-order valence-electron chi connectivity index (χ1n) is 6.04. The van der Waals surface area contributed by atoms with Gasteiger partial charge in [0.15, 0.2) is 0 Å². The van der Waals surface area contributed by atoms with E-state index in [9.17, 15) is 9.59 Å². The lowest BCUT2D eigenvalue weighted by atomic mass is 10.2. The van der Waals surface area contributed by atoms with Crippen LogP contribution in [-0.2, 0) is 19.2 Å². The molecular formula is C12H24N2O4. The summed E-state index contributed by atoms with van der Waals surface area (Å²) in [5, 5.41) is 4.83. The molecule has 1 rings (SSSR count). The van der Waals surface area contributed by atoms with Gasteiger partial charge in [-0.1, -0.05) is 0 Å². The third-order valence-electron chi connectivity index (χ3n) is 1.78. The molecule has 1 heterocycles. The minimum Gasteiger partial charge on any atom is -0.460 e. The Kier molecular flexibility index (Phi) is 7.54. The van der Waals surface area contributed by atoms with Gasteiger partial charge in [0.1, 0.15) is 5.60 Å². The second-order valence-electron chi connectivity index (χ2n) is 4.97. The molecule has 106 valence electrons. The maximum Gasteiger partial charge on any atom is 0.322 e. The van der Waals surface area contributed by atoms with Gasteiger partial charge in [-0.25, -0.2) is 0 Å². The number of rotatable bonds is 1. The molecule has 0 atom stereocenters. The predicted octanol–water partition coefficient (Wildman–Crippen LogP) is 0.718. The van der Waals surface area contributed by atoms with E-state index in [1.165, 1.54) is 13.8 Å². The molecule has 18 heavy (non-hydrogen) atoms. The average Bonchev–Trinajstić information content (AvgIpc) is 2.14. The number of hydrogen-bond acceptors (Lipinski definition) is 6. The van der Waals surface area contributed by atoms with Crippen molar-refractivity contribution < 1.29 is 19.2 Å². The molecule has 0 aromatic rings. The molecule has 0 radical (unpaired) electrons. The molecule has 0 amide bonds. The lowest BCUT2D eigenvalue weighted by Crippen LogP contribution is -2.43. The van der Waals surface area contributed by atoms with Crippen LogP contribution in [0, 0.1) is 0 Å².